The molecule has 1 aliphatic heterocycles. The fourth-order valence-corrected chi connectivity index (χ4v) is 4.76. The van der Waals surface area contributed by atoms with Gasteiger partial charge >= 0.3 is 0 Å². The van der Waals surface area contributed by atoms with Crippen molar-refractivity contribution in [2.75, 3.05) is 17.7 Å². The van der Waals surface area contributed by atoms with Gasteiger partial charge in [0.15, 0.2) is 9.84 Å². The number of sulfone groups is 1. The number of aromatic nitrogens is 6. The van der Waals surface area contributed by atoms with Crippen LogP contribution in [0.25, 0.3) is 16.9 Å². The summed E-state index contributed by atoms with van der Waals surface area (Å²) in [6.07, 6.45) is 2.95. The lowest BCUT2D eigenvalue weighted by atomic mass is 10.1. The molecular weight excluding hydrogens is 426 g/mol. The quantitative estimate of drug-likeness (QED) is 0.474. The number of rotatable bonds is 3. The summed E-state index contributed by atoms with van der Waals surface area (Å²) in [5, 5.41) is 17.4. The monoisotopic (exact) mass is 449 g/mol. The molecule has 0 saturated heterocycles. The SMILES string of the molecule is Cc1nnc2n1-c1ccc(-c3cnn(C)n3)cc1N(c1ccc(S(C)(=O)=O)cc1)C[C@H]2C. The van der Waals surface area contributed by atoms with Gasteiger partial charge in [0, 0.05) is 37.0 Å². The molecule has 1 atom stereocenters. The summed E-state index contributed by atoms with van der Waals surface area (Å²) in [6.45, 7) is 4.72. The van der Waals surface area contributed by atoms with Crippen LogP contribution in [0.15, 0.2) is 53.6 Å². The number of aryl methyl sites for hydroxylation is 2. The van der Waals surface area contributed by atoms with Crippen LogP contribution in [0.3, 0.4) is 0 Å². The van der Waals surface area contributed by atoms with Crippen LogP contribution in [0.1, 0.15) is 24.5 Å². The van der Waals surface area contributed by atoms with Gasteiger partial charge in [0.2, 0.25) is 0 Å². The molecule has 2 aromatic heterocycles. The predicted molar refractivity (Wildman–Crippen MR) is 121 cm³/mol. The van der Waals surface area contributed by atoms with Gasteiger partial charge in [0.25, 0.3) is 0 Å². The molecular formula is C22H23N7O2S. The van der Waals surface area contributed by atoms with E-state index >= 15 is 0 Å². The molecule has 0 saturated carbocycles. The minimum Gasteiger partial charge on any atom is -0.339 e. The van der Waals surface area contributed by atoms with Crippen LogP contribution in [0.5, 0.6) is 0 Å². The number of hydrogen-bond acceptors (Lipinski definition) is 7. The minimum atomic E-state index is -3.27. The van der Waals surface area contributed by atoms with Crippen molar-refractivity contribution in [3.05, 3.63) is 60.3 Å². The third-order valence-electron chi connectivity index (χ3n) is 5.73. The van der Waals surface area contributed by atoms with Gasteiger partial charge in [0.1, 0.15) is 17.3 Å². The zero-order valence-corrected chi connectivity index (χ0v) is 19.1. The Kier molecular flexibility index (Phi) is 4.63. The Morgan fingerprint density at radius 2 is 1.78 bits per heavy atom. The van der Waals surface area contributed by atoms with E-state index in [0.29, 0.717) is 11.4 Å². The Bertz CT molecular complexity index is 1420. The number of hydrogen-bond donors (Lipinski definition) is 0. The van der Waals surface area contributed by atoms with Gasteiger partial charge in [-0.05, 0) is 43.3 Å². The summed E-state index contributed by atoms with van der Waals surface area (Å²) >= 11 is 0. The zero-order chi connectivity index (χ0) is 22.6. The van der Waals surface area contributed by atoms with E-state index in [-0.39, 0.29) is 5.92 Å². The second-order valence-electron chi connectivity index (χ2n) is 8.14. The van der Waals surface area contributed by atoms with E-state index in [1.165, 1.54) is 11.1 Å². The Morgan fingerprint density at radius 1 is 1.03 bits per heavy atom. The maximum Gasteiger partial charge on any atom is 0.175 e. The Morgan fingerprint density at radius 3 is 2.44 bits per heavy atom. The number of fused-ring (bicyclic) bond motifs is 3. The molecule has 5 rings (SSSR count). The second kappa shape index (κ2) is 7.27. The van der Waals surface area contributed by atoms with Gasteiger partial charge in [-0.1, -0.05) is 13.0 Å². The van der Waals surface area contributed by atoms with Crippen molar-refractivity contribution in [3.63, 3.8) is 0 Å². The van der Waals surface area contributed by atoms with E-state index in [9.17, 15) is 8.42 Å². The lowest BCUT2D eigenvalue weighted by molar-refractivity contribution is 0.602. The van der Waals surface area contributed by atoms with Gasteiger partial charge in [-0.2, -0.15) is 15.0 Å². The molecule has 0 aliphatic carbocycles. The molecule has 1 aliphatic rings. The van der Waals surface area contributed by atoms with Gasteiger partial charge < -0.3 is 4.90 Å². The van der Waals surface area contributed by atoms with Gasteiger partial charge in [-0.15, -0.1) is 10.2 Å². The number of anilines is 2. The van der Waals surface area contributed by atoms with Crippen LogP contribution < -0.4 is 4.90 Å². The average Bonchev–Trinajstić information content (AvgIpc) is 3.33. The van der Waals surface area contributed by atoms with E-state index in [0.717, 1.165) is 40.0 Å². The van der Waals surface area contributed by atoms with Crippen LogP contribution >= 0.6 is 0 Å². The van der Waals surface area contributed by atoms with Crippen molar-refractivity contribution in [2.45, 2.75) is 24.7 Å². The standard InChI is InChI=1S/C22H23N7O2S/c1-14-13-28(17-6-8-18(9-7-17)32(4,30)31)21-11-16(19-12-23-27(3)26-19)5-10-20(21)29-15(2)24-25-22(14)29/h5-12,14H,13H2,1-4H3/t14-/m1/s1. The van der Waals surface area contributed by atoms with E-state index in [1.807, 2.05) is 25.1 Å². The maximum absolute atomic E-state index is 11.9. The second-order valence-corrected chi connectivity index (χ2v) is 10.2. The predicted octanol–water partition coefficient (Wildman–Crippen LogP) is 3.03. The molecule has 10 heteroatoms. The van der Waals surface area contributed by atoms with Crippen LogP contribution in [-0.4, -0.2) is 51.0 Å². The lowest BCUT2D eigenvalue weighted by Gasteiger charge is -2.27. The highest BCUT2D eigenvalue weighted by atomic mass is 32.2. The van der Waals surface area contributed by atoms with Crippen molar-refractivity contribution in [1.29, 1.82) is 0 Å². The smallest absolute Gasteiger partial charge is 0.175 e. The van der Waals surface area contributed by atoms with Crippen LogP contribution in [0.4, 0.5) is 11.4 Å². The highest BCUT2D eigenvalue weighted by molar-refractivity contribution is 7.90. The highest BCUT2D eigenvalue weighted by Gasteiger charge is 2.29. The Balaban J connectivity index is 1.71. The van der Waals surface area contributed by atoms with Crippen molar-refractivity contribution >= 4 is 21.2 Å². The fourth-order valence-electron chi connectivity index (χ4n) is 4.13. The summed E-state index contributed by atoms with van der Waals surface area (Å²) in [5.41, 5.74) is 4.55. The molecule has 0 amide bonds. The first-order chi connectivity index (χ1) is 15.2. The first-order valence-electron chi connectivity index (χ1n) is 10.2. The highest BCUT2D eigenvalue weighted by Crippen LogP contribution is 2.40. The van der Waals surface area contributed by atoms with Crippen molar-refractivity contribution in [1.82, 2.24) is 29.8 Å². The summed E-state index contributed by atoms with van der Waals surface area (Å²) in [7, 11) is -1.48. The molecule has 9 nitrogen and oxygen atoms in total. The normalized spacial score (nSPS) is 15.9. The average molecular weight is 450 g/mol. The van der Waals surface area contributed by atoms with Gasteiger partial charge in [-0.25, -0.2) is 8.42 Å². The largest absolute Gasteiger partial charge is 0.339 e. The van der Waals surface area contributed by atoms with Crippen molar-refractivity contribution in [2.24, 2.45) is 7.05 Å². The molecule has 2 aromatic carbocycles. The van der Waals surface area contributed by atoms with E-state index < -0.39 is 9.84 Å². The summed E-state index contributed by atoms with van der Waals surface area (Å²) in [6, 6.07) is 13.2. The first-order valence-corrected chi connectivity index (χ1v) is 12.1. The van der Waals surface area contributed by atoms with Gasteiger partial charge in [0.05, 0.1) is 22.5 Å². The molecule has 0 spiro atoms. The summed E-state index contributed by atoms with van der Waals surface area (Å²) < 4.78 is 26.0. The van der Waals surface area contributed by atoms with Crippen LogP contribution in [0.2, 0.25) is 0 Å². The summed E-state index contributed by atoms with van der Waals surface area (Å²) in [4.78, 5) is 4.03. The molecule has 0 fully saturated rings. The molecule has 0 unspecified atom stereocenters. The first kappa shape index (κ1) is 20.4. The third kappa shape index (κ3) is 3.36. The number of nitrogens with zero attached hydrogens (tertiary/aromatic N) is 7. The van der Waals surface area contributed by atoms with E-state index in [4.69, 9.17) is 0 Å². The van der Waals surface area contributed by atoms with Crippen molar-refractivity contribution < 1.29 is 8.42 Å². The van der Waals surface area contributed by atoms with Crippen LogP contribution in [0, 0.1) is 6.92 Å². The lowest BCUT2D eigenvalue weighted by Crippen LogP contribution is -2.22. The van der Waals surface area contributed by atoms with Crippen molar-refractivity contribution in [3.8, 4) is 16.9 Å². The minimum absolute atomic E-state index is 0.0955. The Labute approximate surface area is 186 Å². The topological polar surface area (TPSA) is 98.8 Å². The summed E-state index contributed by atoms with van der Waals surface area (Å²) in [5.74, 6) is 1.80. The molecule has 0 bridgehead atoms. The Hall–Kier alpha value is -3.53. The van der Waals surface area contributed by atoms with E-state index in [1.54, 1.807) is 25.4 Å². The molecule has 0 N–H and O–H groups in total. The van der Waals surface area contributed by atoms with Crippen LogP contribution in [-0.2, 0) is 16.9 Å². The molecule has 3 heterocycles. The third-order valence-corrected chi connectivity index (χ3v) is 6.85. The zero-order valence-electron chi connectivity index (χ0n) is 18.3. The van der Waals surface area contributed by atoms with Gasteiger partial charge in [-0.3, -0.25) is 4.57 Å². The molecule has 4 aromatic rings. The number of benzene rings is 2. The molecule has 0 radical (unpaired) electrons. The molecule has 164 valence electrons. The maximum atomic E-state index is 11.9. The fraction of sp³-hybridized carbons (Fsp3) is 0.273. The molecule has 32 heavy (non-hydrogen) atoms. The van der Waals surface area contributed by atoms with E-state index in [2.05, 4.69) is 48.9 Å².